The van der Waals surface area contributed by atoms with Gasteiger partial charge in [-0.3, -0.25) is 4.79 Å². The van der Waals surface area contributed by atoms with Crippen molar-refractivity contribution in [2.75, 3.05) is 12.3 Å². The van der Waals surface area contributed by atoms with E-state index in [4.69, 9.17) is 5.73 Å². The fourth-order valence-electron chi connectivity index (χ4n) is 1.15. The molecule has 0 amide bonds. The first-order chi connectivity index (χ1) is 7.29. The molecule has 0 bridgehead atoms. The third-order valence-electron chi connectivity index (χ3n) is 2.10. The van der Waals surface area contributed by atoms with Gasteiger partial charge in [-0.05, 0) is 39.0 Å². The standard InChI is InChI=1S/C12H17FN2O.ClH/c1-12(2,3)15-7-11(16)8-4-5-10(14)9(13)6-8;/h4-6,15H,7,14H2,1-3H3;1H. The Hall–Kier alpha value is -1.13. The SMILES string of the molecule is CC(C)(C)NCC(=O)c1ccc(N)c(F)c1.Cl. The number of benzene rings is 1. The lowest BCUT2D eigenvalue weighted by Crippen LogP contribution is -2.39. The molecule has 0 saturated heterocycles. The maximum Gasteiger partial charge on any atom is 0.176 e. The van der Waals surface area contributed by atoms with Crippen LogP contribution in [0.2, 0.25) is 0 Å². The van der Waals surface area contributed by atoms with Gasteiger partial charge in [-0.25, -0.2) is 4.39 Å². The van der Waals surface area contributed by atoms with Crippen LogP contribution in [0.5, 0.6) is 0 Å². The Bertz CT molecular complexity index is 402. The number of nitrogens with one attached hydrogen (secondary N) is 1. The van der Waals surface area contributed by atoms with Gasteiger partial charge in [0.2, 0.25) is 0 Å². The number of nitrogens with two attached hydrogens (primary N) is 1. The van der Waals surface area contributed by atoms with Crippen LogP contribution in [-0.4, -0.2) is 17.9 Å². The van der Waals surface area contributed by atoms with E-state index in [9.17, 15) is 9.18 Å². The molecule has 0 atom stereocenters. The Balaban J connectivity index is 0.00000256. The second-order valence-corrected chi connectivity index (χ2v) is 4.76. The first-order valence-electron chi connectivity index (χ1n) is 5.13. The summed E-state index contributed by atoms with van der Waals surface area (Å²) in [5.41, 5.74) is 5.59. The Morgan fingerprint density at radius 2 is 2.00 bits per heavy atom. The van der Waals surface area contributed by atoms with Crippen LogP contribution in [0.25, 0.3) is 0 Å². The lowest BCUT2D eigenvalue weighted by Gasteiger charge is -2.19. The van der Waals surface area contributed by atoms with Gasteiger partial charge >= 0.3 is 0 Å². The predicted molar refractivity (Wildman–Crippen MR) is 70.1 cm³/mol. The summed E-state index contributed by atoms with van der Waals surface area (Å²) in [5, 5.41) is 3.05. The highest BCUT2D eigenvalue weighted by Crippen LogP contribution is 2.12. The maximum absolute atomic E-state index is 13.1. The van der Waals surface area contributed by atoms with Crippen LogP contribution < -0.4 is 11.1 Å². The van der Waals surface area contributed by atoms with Crippen molar-refractivity contribution >= 4 is 23.9 Å². The molecule has 96 valence electrons. The average Bonchev–Trinajstić information content (AvgIpc) is 2.17. The Morgan fingerprint density at radius 1 is 1.41 bits per heavy atom. The summed E-state index contributed by atoms with van der Waals surface area (Å²) in [6.07, 6.45) is 0. The van der Waals surface area contributed by atoms with E-state index < -0.39 is 5.82 Å². The van der Waals surface area contributed by atoms with Crippen molar-refractivity contribution in [1.29, 1.82) is 0 Å². The van der Waals surface area contributed by atoms with Gasteiger partial charge in [0.15, 0.2) is 5.78 Å². The van der Waals surface area contributed by atoms with E-state index in [1.54, 1.807) is 0 Å². The van der Waals surface area contributed by atoms with E-state index in [2.05, 4.69) is 5.32 Å². The molecule has 0 unspecified atom stereocenters. The summed E-state index contributed by atoms with van der Waals surface area (Å²) in [6.45, 7) is 6.07. The Morgan fingerprint density at radius 3 is 2.47 bits per heavy atom. The number of carbonyl (C=O) groups is 1. The molecule has 0 fully saturated rings. The van der Waals surface area contributed by atoms with Crippen LogP contribution in [0, 0.1) is 5.82 Å². The Kier molecular flexibility index (Phi) is 5.58. The number of Topliss-reactive ketones (excluding diaryl/α,β-unsaturated/α-hetero) is 1. The molecular formula is C12H18ClFN2O. The zero-order valence-corrected chi connectivity index (χ0v) is 11.0. The van der Waals surface area contributed by atoms with Gasteiger partial charge in [0, 0.05) is 11.1 Å². The van der Waals surface area contributed by atoms with Crippen LogP contribution in [0.1, 0.15) is 31.1 Å². The van der Waals surface area contributed by atoms with Crippen molar-refractivity contribution in [3.05, 3.63) is 29.6 Å². The fraction of sp³-hybridized carbons (Fsp3) is 0.417. The van der Waals surface area contributed by atoms with Crippen molar-refractivity contribution in [3.8, 4) is 0 Å². The molecule has 0 aliphatic rings. The molecular weight excluding hydrogens is 243 g/mol. The van der Waals surface area contributed by atoms with Gasteiger partial charge in [-0.2, -0.15) is 0 Å². The van der Waals surface area contributed by atoms with Crippen molar-refractivity contribution in [1.82, 2.24) is 5.32 Å². The smallest absolute Gasteiger partial charge is 0.176 e. The van der Waals surface area contributed by atoms with Gasteiger partial charge in [-0.15, -0.1) is 12.4 Å². The minimum Gasteiger partial charge on any atom is -0.396 e. The van der Waals surface area contributed by atoms with Crippen LogP contribution in [0.3, 0.4) is 0 Å². The molecule has 0 aliphatic carbocycles. The van der Waals surface area contributed by atoms with Gasteiger partial charge in [0.25, 0.3) is 0 Å². The molecule has 3 N–H and O–H groups in total. The topological polar surface area (TPSA) is 55.1 Å². The molecule has 1 rings (SSSR count). The van der Waals surface area contributed by atoms with Crippen molar-refractivity contribution < 1.29 is 9.18 Å². The molecule has 3 nitrogen and oxygen atoms in total. The molecule has 0 aliphatic heterocycles. The minimum atomic E-state index is -0.554. The van der Waals surface area contributed by atoms with E-state index >= 15 is 0 Å². The predicted octanol–water partition coefficient (Wildman–Crippen LogP) is 2.40. The molecule has 0 saturated carbocycles. The van der Waals surface area contributed by atoms with Gasteiger partial charge in [0.1, 0.15) is 5.82 Å². The van der Waals surface area contributed by atoms with Crippen molar-refractivity contribution in [2.45, 2.75) is 26.3 Å². The highest BCUT2D eigenvalue weighted by atomic mass is 35.5. The molecule has 17 heavy (non-hydrogen) atoms. The van der Waals surface area contributed by atoms with E-state index in [1.807, 2.05) is 20.8 Å². The summed E-state index contributed by atoms with van der Waals surface area (Å²) in [5.74, 6) is -0.699. The summed E-state index contributed by atoms with van der Waals surface area (Å²) >= 11 is 0. The quantitative estimate of drug-likeness (QED) is 0.648. The average molecular weight is 261 g/mol. The third-order valence-corrected chi connectivity index (χ3v) is 2.10. The van der Waals surface area contributed by atoms with Crippen LogP contribution in [0.15, 0.2) is 18.2 Å². The highest BCUT2D eigenvalue weighted by Gasteiger charge is 2.13. The number of ketones is 1. The molecule has 1 aromatic carbocycles. The molecule has 0 heterocycles. The molecule has 0 spiro atoms. The van der Waals surface area contributed by atoms with Crippen LogP contribution in [0.4, 0.5) is 10.1 Å². The number of carbonyl (C=O) groups excluding carboxylic acids is 1. The second kappa shape index (κ2) is 5.98. The number of halogens is 2. The van der Waals surface area contributed by atoms with Crippen molar-refractivity contribution in [3.63, 3.8) is 0 Å². The lowest BCUT2D eigenvalue weighted by atomic mass is 10.1. The highest BCUT2D eigenvalue weighted by molar-refractivity contribution is 5.97. The normalized spacial score (nSPS) is 10.8. The maximum atomic E-state index is 13.1. The molecule has 5 heteroatoms. The largest absolute Gasteiger partial charge is 0.396 e. The van der Waals surface area contributed by atoms with Crippen LogP contribution in [-0.2, 0) is 0 Å². The molecule has 1 aromatic rings. The van der Waals surface area contributed by atoms with Crippen molar-refractivity contribution in [2.24, 2.45) is 0 Å². The van der Waals surface area contributed by atoms with Crippen LogP contribution >= 0.6 is 12.4 Å². The monoisotopic (exact) mass is 260 g/mol. The summed E-state index contributed by atoms with van der Waals surface area (Å²) in [7, 11) is 0. The number of hydrogen-bond donors (Lipinski definition) is 2. The molecule has 0 radical (unpaired) electrons. The zero-order valence-electron chi connectivity index (χ0n) is 10.2. The first kappa shape index (κ1) is 15.9. The molecule has 0 aromatic heterocycles. The fourth-order valence-corrected chi connectivity index (χ4v) is 1.15. The zero-order chi connectivity index (χ0) is 12.3. The summed E-state index contributed by atoms with van der Waals surface area (Å²) in [6, 6.07) is 4.10. The summed E-state index contributed by atoms with van der Waals surface area (Å²) < 4.78 is 13.1. The van der Waals surface area contributed by atoms with E-state index in [0.29, 0.717) is 5.56 Å². The number of rotatable bonds is 3. The van der Waals surface area contributed by atoms with E-state index in [0.717, 1.165) is 0 Å². The van der Waals surface area contributed by atoms with Gasteiger partial charge in [-0.1, -0.05) is 0 Å². The van der Waals surface area contributed by atoms with Gasteiger partial charge in [0.05, 0.1) is 12.2 Å². The Labute approximate surface area is 107 Å². The lowest BCUT2D eigenvalue weighted by molar-refractivity contribution is 0.0981. The van der Waals surface area contributed by atoms with E-state index in [-0.39, 0.29) is 36.0 Å². The number of anilines is 1. The first-order valence-corrected chi connectivity index (χ1v) is 5.13. The number of nitrogen functional groups attached to an aromatic ring is 1. The van der Waals surface area contributed by atoms with Gasteiger partial charge < -0.3 is 11.1 Å². The second-order valence-electron chi connectivity index (χ2n) is 4.76. The number of hydrogen-bond acceptors (Lipinski definition) is 3. The minimum absolute atomic E-state index is 0. The third kappa shape index (κ3) is 5.15. The van der Waals surface area contributed by atoms with E-state index in [1.165, 1.54) is 18.2 Å². The summed E-state index contributed by atoms with van der Waals surface area (Å²) in [4.78, 5) is 11.7.